The molecule has 0 unspecified atom stereocenters. The van der Waals surface area contributed by atoms with Gasteiger partial charge in [0.25, 0.3) is 0 Å². The number of amides is 2. The van der Waals surface area contributed by atoms with Crippen molar-refractivity contribution in [2.75, 3.05) is 26.4 Å². The summed E-state index contributed by atoms with van der Waals surface area (Å²) in [5.74, 6) is 5.84. The number of urea groups is 1. The molecule has 2 aliphatic heterocycles. The Morgan fingerprint density at radius 3 is 1.22 bits per heavy atom. The molecule has 168 valence electrons. The van der Waals surface area contributed by atoms with Crippen LogP contribution in [0.3, 0.4) is 0 Å². The van der Waals surface area contributed by atoms with Gasteiger partial charge in [0.1, 0.15) is 0 Å². The lowest BCUT2D eigenvalue weighted by atomic mass is 9.16. The van der Waals surface area contributed by atoms with Crippen LogP contribution in [0.5, 0.6) is 0 Å². The van der Waals surface area contributed by atoms with E-state index in [4.69, 9.17) is 18.9 Å². The largest absolute Gasteiger partial charge is 0.346 e. The molecule has 7 nitrogen and oxygen atoms in total. The third kappa shape index (κ3) is 0.921. The number of nitrogens with one attached hydrogen (secondary N) is 2. The van der Waals surface area contributed by atoms with Gasteiger partial charge >= 0.3 is 6.03 Å². The van der Waals surface area contributed by atoms with Crippen molar-refractivity contribution in [3.8, 4) is 0 Å². The smallest absolute Gasteiger partial charge is 0.315 e. The highest BCUT2D eigenvalue weighted by atomic mass is 79.9. The molecule has 2 amide bonds. The number of hydrogen-bond donors (Lipinski definition) is 2. The molecular formula is C23H22Br2N2O5. The van der Waals surface area contributed by atoms with Crippen molar-refractivity contribution in [3.05, 3.63) is 0 Å². The van der Waals surface area contributed by atoms with Crippen LogP contribution in [0.2, 0.25) is 0 Å². The minimum atomic E-state index is -0.415. The lowest BCUT2D eigenvalue weighted by Crippen LogP contribution is -3.02. The molecule has 32 heavy (non-hydrogen) atoms. The molecule has 8 atom stereocenters. The molecule has 2 spiro atoms. The van der Waals surface area contributed by atoms with Gasteiger partial charge in [-0.2, -0.15) is 0 Å². The van der Waals surface area contributed by atoms with Crippen molar-refractivity contribution in [2.45, 2.75) is 31.3 Å². The third-order valence-corrected chi connectivity index (χ3v) is 17.2. The number of rotatable bonds is 2. The first-order valence-electron chi connectivity index (χ1n) is 12.5. The van der Waals surface area contributed by atoms with E-state index in [1.165, 1.54) is 0 Å². The molecule has 4 bridgehead atoms. The van der Waals surface area contributed by atoms with Crippen LogP contribution >= 0.6 is 31.9 Å². The van der Waals surface area contributed by atoms with Gasteiger partial charge in [0.05, 0.1) is 46.2 Å². The Morgan fingerprint density at radius 2 is 0.875 bits per heavy atom. The van der Waals surface area contributed by atoms with Gasteiger partial charge in [-0.05, 0) is 59.2 Å². The number of carbonyl (C=O) groups excluding carboxylic acids is 1. The molecule has 0 aromatic heterocycles. The maximum absolute atomic E-state index is 13.4. The van der Waals surface area contributed by atoms with E-state index < -0.39 is 11.6 Å². The van der Waals surface area contributed by atoms with E-state index in [0.717, 1.165) is 0 Å². The Kier molecular flexibility index (Phi) is 2.02. The minimum Gasteiger partial charge on any atom is -0.346 e. The van der Waals surface area contributed by atoms with Gasteiger partial charge in [-0.1, -0.05) is 31.9 Å². The molecule has 0 radical (unpaired) electrons. The van der Waals surface area contributed by atoms with E-state index in [1.807, 2.05) is 0 Å². The maximum Gasteiger partial charge on any atom is 0.315 e. The van der Waals surface area contributed by atoms with Crippen molar-refractivity contribution < 1.29 is 23.7 Å². The van der Waals surface area contributed by atoms with E-state index in [1.54, 1.807) is 0 Å². The zero-order chi connectivity index (χ0) is 20.6. The van der Waals surface area contributed by atoms with Crippen LogP contribution in [-0.2, 0) is 18.9 Å². The maximum atomic E-state index is 13.4. The van der Waals surface area contributed by atoms with E-state index >= 15 is 0 Å². The summed E-state index contributed by atoms with van der Waals surface area (Å²) in [6, 6.07) is 0.0771. The molecule has 12 saturated carbocycles. The van der Waals surface area contributed by atoms with Crippen molar-refractivity contribution in [1.82, 2.24) is 10.6 Å². The second-order valence-corrected chi connectivity index (χ2v) is 15.6. The molecule has 9 heteroatoms. The first-order valence-corrected chi connectivity index (χ1v) is 14.1. The molecule has 14 rings (SSSR count). The Labute approximate surface area is 200 Å². The van der Waals surface area contributed by atoms with E-state index in [0.29, 0.717) is 97.4 Å². The average Bonchev–Trinajstić information content (AvgIpc) is 3.52. The number of halogens is 2. The predicted octanol–water partition coefficient (Wildman–Crippen LogP) is 1.05. The zero-order valence-corrected chi connectivity index (χ0v) is 20.2. The van der Waals surface area contributed by atoms with Crippen molar-refractivity contribution in [2.24, 2.45) is 71.0 Å². The molecule has 2 N–H and O–H groups in total. The van der Waals surface area contributed by atoms with Gasteiger partial charge in [0, 0.05) is 11.8 Å². The highest BCUT2D eigenvalue weighted by Gasteiger charge is 3.11. The molecular weight excluding hydrogens is 544 g/mol. The Balaban J connectivity index is 0.850. The van der Waals surface area contributed by atoms with Gasteiger partial charge in [-0.15, -0.1) is 0 Å². The van der Waals surface area contributed by atoms with Crippen LogP contribution in [0, 0.1) is 71.0 Å². The monoisotopic (exact) mass is 564 g/mol. The molecule has 14 aliphatic rings. The second-order valence-electron chi connectivity index (χ2n) is 13.0. The Morgan fingerprint density at radius 1 is 0.562 bits per heavy atom. The van der Waals surface area contributed by atoms with Crippen molar-refractivity contribution in [1.29, 1.82) is 0 Å². The molecule has 14 fully saturated rings. The lowest BCUT2D eigenvalue weighted by molar-refractivity contribution is -0.397. The molecule has 12 aliphatic carbocycles. The summed E-state index contributed by atoms with van der Waals surface area (Å²) in [5, 5.41) is 7.13. The molecule has 0 aromatic rings. The summed E-state index contributed by atoms with van der Waals surface area (Å²) in [5.41, 5.74) is 0.0368. The SMILES string of the molecule is O=C(NC12C3[C@@H]4[C@H]1C1[C@@H]2[C@@H]3C4(Br)C12OCCO2)NC12C3[C@H]4[C@H]1C1[C@@H]2[C@H]3C4(Br)C12OCCO2. The second kappa shape index (κ2) is 3.88. The normalized spacial score (nSPS) is 77.8. The highest BCUT2D eigenvalue weighted by molar-refractivity contribution is 9.10. The molecule has 0 aromatic carbocycles. The number of alkyl halides is 2. The minimum absolute atomic E-state index is 0.0104. The van der Waals surface area contributed by atoms with E-state index in [-0.39, 0.29) is 25.8 Å². The summed E-state index contributed by atoms with van der Waals surface area (Å²) in [4.78, 5) is 13.4. The topological polar surface area (TPSA) is 78.1 Å². The summed E-state index contributed by atoms with van der Waals surface area (Å²) >= 11 is 8.23. The van der Waals surface area contributed by atoms with Crippen LogP contribution in [-0.4, -0.2) is 63.8 Å². The standard InChI is InChI=1S/C23H22Br2N2O5/c24-20-11-5-12(20)8-15(22(20)29-1-2-30-22)7(11)18(5,8)26-17(28)27-19-6-13-9(19)16-10(19)14(6)21(13,25)23(16)31-3-4-32-23/h5-16H,1-4H2,(H2,26,27,28)/t5?,6?,7-,8-,9-,10-,11-,12-,13+,14+,15?,16?,18?,19?,20?,21?/m0/s1. The fourth-order valence-electron chi connectivity index (χ4n) is 14.2. The van der Waals surface area contributed by atoms with Gasteiger partial charge in [0.15, 0.2) is 11.6 Å². The van der Waals surface area contributed by atoms with Crippen LogP contribution in [0.4, 0.5) is 4.79 Å². The summed E-state index contributed by atoms with van der Waals surface area (Å²) < 4.78 is 25.1. The first-order chi connectivity index (χ1) is 15.5. The zero-order valence-electron chi connectivity index (χ0n) is 17.1. The van der Waals surface area contributed by atoms with Crippen LogP contribution < -0.4 is 10.6 Å². The molecule has 2 heterocycles. The van der Waals surface area contributed by atoms with Crippen molar-refractivity contribution >= 4 is 37.9 Å². The quantitative estimate of drug-likeness (QED) is 0.489. The van der Waals surface area contributed by atoms with Gasteiger partial charge < -0.3 is 29.6 Å². The number of carbonyl (C=O) groups is 1. The van der Waals surface area contributed by atoms with Crippen molar-refractivity contribution in [3.63, 3.8) is 0 Å². The Hall–Kier alpha value is 0.0700. The van der Waals surface area contributed by atoms with Gasteiger partial charge in [-0.25, -0.2) is 4.79 Å². The third-order valence-electron chi connectivity index (χ3n) is 13.9. The summed E-state index contributed by atoms with van der Waals surface area (Å²) in [6.07, 6.45) is 0. The van der Waals surface area contributed by atoms with Gasteiger partial charge in [-0.3, -0.25) is 0 Å². The summed E-state index contributed by atoms with van der Waals surface area (Å²) in [7, 11) is 0. The average molecular weight is 566 g/mol. The number of ether oxygens (including phenoxy) is 4. The van der Waals surface area contributed by atoms with Gasteiger partial charge in [0.2, 0.25) is 0 Å². The van der Waals surface area contributed by atoms with E-state index in [9.17, 15) is 4.79 Å². The molecule has 2 saturated heterocycles. The van der Waals surface area contributed by atoms with Crippen LogP contribution in [0.25, 0.3) is 0 Å². The first kappa shape index (κ1) is 16.7. The fraction of sp³-hybridized carbons (Fsp3) is 0.957. The summed E-state index contributed by atoms with van der Waals surface area (Å²) in [6.45, 7) is 2.81. The van der Waals surface area contributed by atoms with E-state index in [2.05, 4.69) is 42.5 Å². The fourth-order valence-corrected chi connectivity index (χ4v) is 17.4. The van der Waals surface area contributed by atoms with Crippen LogP contribution in [0.1, 0.15) is 0 Å². The Bertz CT molecular complexity index is 1020. The predicted molar refractivity (Wildman–Crippen MR) is 112 cm³/mol. The van der Waals surface area contributed by atoms with Crippen LogP contribution in [0.15, 0.2) is 0 Å². The number of hydrogen-bond acceptors (Lipinski definition) is 5. The highest BCUT2D eigenvalue weighted by Crippen LogP contribution is 3.02. The lowest BCUT2D eigenvalue weighted by Gasteiger charge is -2.92.